The maximum Gasteiger partial charge on any atom is 0.329 e. The molecule has 0 bridgehead atoms. The number of aliphatic hydroxyl groups is 1. The highest BCUT2D eigenvalue weighted by Crippen LogP contribution is 2.26. The Hall–Kier alpha value is -9.16. The predicted molar refractivity (Wildman–Crippen MR) is 331 cm³/mol. The highest BCUT2D eigenvalue weighted by Gasteiger charge is 2.43. The van der Waals surface area contributed by atoms with Gasteiger partial charge in [0.25, 0.3) is 23.6 Å². The van der Waals surface area contributed by atoms with E-state index >= 15 is 9.59 Å². The van der Waals surface area contributed by atoms with Gasteiger partial charge in [-0.25, -0.2) is 23.9 Å². The molecule has 6 rings (SSSR count). The number of likely N-dealkylation sites (N-methyl/N-ethyl adjacent to an activating group) is 4. The number of hydrogen-bond acceptors (Lipinski definition) is 18. The summed E-state index contributed by atoms with van der Waals surface area (Å²) in [6, 6.07) is 19.0. The van der Waals surface area contributed by atoms with E-state index in [4.69, 9.17) is 23.4 Å². The average Bonchev–Trinajstić information content (AvgIpc) is 2.04. The smallest absolute Gasteiger partial charge is 0.329 e. The van der Waals surface area contributed by atoms with Gasteiger partial charge in [0.05, 0.1) is 31.7 Å². The highest BCUT2D eigenvalue weighted by atomic mass is 16.6. The van der Waals surface area contributed by atoms with Crippen LogP contribution in [0, 0.1) is 46.3 Å². The number of aromatic nitrogens is 4. The fourth-order valence-corrected chi connectivity index (χ4v) is 10.8. The van der Waals surface area contributed by atoms with Crippen LogP contribution in [0.1, 0.15) is 134 Å². The van der Waals surface area contributed by atoms with Gasteiger partial charge in [-0.1, -0.05) is 104 Å². The summed E-state index contributed by atoms with van der Waals surface area (Å²) in [7, 11) is 5.42. The molecule has 0 spiro atoms. The van der Waals surface area contributed by atoms with Crippen LogP contribution in [0.2, 0.25) is 0 Å². The number of carbonyl (C=O) groups is 8. The van der Waals surface area contributed by atoms with E-state index in [1.807, 2.05) is 67.5 Å². The third kappa shape index (κ3) is 18.7. The van der Waals surface area contributed by atoms with Crippen LogP contribution in [-0.4, -0.2) is 169 Å². The van der Waals surface area contributed by atoms with Crippen molar-refractivity contribution in [2.45, 2.75) is 176 Å². The van der Waals surface area contributed by atoms with E-state index in [1.54, 1.807) is 71.4 Å². The summed E-state index contributed by atoms with van der Waals surface area (Å²) in [4.78, 5) is 123. The quantitative estimate of drug-likeness (QED) is 0.0709. The first-order valence-corrected chi connectivity index (χ1v) is 30.7. The van der Waals surface area contributed by atoms with E-state index in [-0.39, 0.29) is 93.3 Å². The van der Waals surface area contributed by atoms with Crippen LogP contribution in [0.5, 0.6) is 0 Å². The first-order valence-electron chi connectivity index (χ1n) is 30.7. The second-order valence-corrected chi connectivity index (χ2v) is 25.0. The number of cyclic esters (lactones) is 4. The summed E-state index contributed by atoms with van der Waals surface area (Å²) in [5.74, 6) is -7.57. The second kappa shape index (κ2) is 32.0. The second-order valence-electron chi connectivity index (χ2n) is 25.0. The summed E-state index contributed by atoms with van der Waals surface area (Å²) >= 11 is 0. The lowest BCUT2D eigenvalue weighted by molar-refractivity contribution is -0.176. The summed E-state index contributed by atoms with van der Waals surface area (Å²) < 4.78 is 32.8. The molecule has 1 aliphatic rings. The normalized spacial score (nSPS) is 21.7. The van der Waals surface area contributed by atoms with Crippen LogP contribution in [0.25, 0.3) is 11.5 Å². The predicted octanol–water partition coefficient (Wildman–Crippen LogP) is 6.65. The molecule has 2 aromatic carbocycles. The van der Waals surface area contributed by atoms with Crippen molar-refractivity contribution in [3.05, 3.63) is 118 Å². The number of nitriles is 2. The number of ether oxygens (including phenoxy) is 4. The molecule has 1 N–H and O–H groups in total. The number of rotatable bonds is 18. The minimum absolute atomic E-state index is 0.0257. The Balaban J connectivity index is 1.39. The van der Waals surface area contributed by atoms with E-state index in [2.05, 4.69) is 10.2 Å². The monoisotopic (exact) mass is 1250 g/mol. The van der Waals surface area contributed by atoms with Crippen LogP contribution < -0.4 is 0 Å². The summed E-state index contributed by atoms with van der Waals surface area (Å²) in [5.41, 5.74) is 3.78. The van der Waals surface area contributed by atoms with Crippen molar-refractivity contribution in [1.82, 2.24) is 39.2 Å². The summed E-state index contributed by atoms with van der Waals surface area (Å²) in [6.07, 6.45) is -5.13. The molecule has 0 saturated carbocycles. The zero-order valence-corrected chi connectivity index (χ0v) is 54.5. The van der Waals surface area contributed by atoms with E-state index in [1.165, 1.54) is 59.0 Å². The van der Waals surface area contributed by atoms with Crippen LogP contribution in [0.3, 0.4) is 0 Å². The van der Waals surface area contributed by atoms with Gasteiger partial charge in [-0.05, 0) is 104 Å². The van der Waals surface area contributed by atoms with E-state index in [9.17, 15) is 44.4 Å². The Morgan fingerprint density at radius 3 is 1.22 bits per heavy atom. The van der Waals surface area contributed by atoms with Gasteiger partial charge in [0, 0.05) is 47.1 Å². The van der Waals surface area contributed by atoms with Crippen molar-refractivity contribution in [3.8, 4) is 23.6 Å². The molecule has 4 heterocycles. The van der Waals surface area contributed by atoms with E-state index in [0.717, 1.165) is 25.2 Å². The molecule has 8 atom stereocenters. The van der Waals surface area contributed by atoms with Gasteiger partial charge in [-0.3, -0.25) is 23.9 Å². The Morgan fingerprint density at radius 1 is 0.495 bits per heavy atom. The lowest BCUT2D eigenvalue weighted by Crippen LogP contribution is -2.55. The van der Waals surface area contributed by atoms with Gasteiger partial charge >= 0.3 is 23.9 Å². The molecule has 488 valence electrons. The molecule has 4 amide bonds. The van der Waals surface area contributed by atoms with Gasteiger partial charge in [0.1, 0.15) is 47.7 Å². The third-order valence-electron chi connectivity index (χ3n) is 15.8. The van der Waals surface area contributed by atoms with Crippen molar-refractivity contribution in [2.24, 2.45) is 23.7 Å². The molecule has 0 radical (unpaired) electrons. The molecule has 1 fully saturated rings. The average molecular weight is 1260 g/mol. The van der Waals surface area contributed by atoms with E-state index in [0.29, 0.717) is 33.8 Å². The summed E-state index contributed by atoms with van der Waals surface area (Å²) in [5, 5.41) is 38.0. The SMILES string of the molecule is CC(C)C[C@H]1C(=O)O[C@H](Cc2ccc(Cn3nc(-c4ccco4)cc3CO)cc2)C(=O)N(C)[C@@H](CC(C)C)C(=O)O[C@H](C)C(=O)N(C)[C@@H](CC(C)C)C(=O)O[C@H](Cc2ccc(Cn3nc(C#N)cc3C#N)cc2)C(=O)N(C)[C@@H](CC(C)C)C(=O)O[C@H](C)C(=O)N1C. The summed E-state index contributed by atoms with van der Waals surface area (Å²) in [6.45, 7) is 17.3. The van der Waals surface area contributed by atoms with Crippen molar-refractivity contribution >= 4 is 47.5 Å². The van der Waals surface area contributed by atoms with Gasteiger partial charge < -0.3 is 48.1 Å². The molecule has 91 heavy (non-hydrogen) atoms. The number of carbonyl (C=O) groups excluding carboxylic acids is 8. The molecule has 0 aliphatic carbocycles. The number of benzene rings is 2. The largest absolute Gasteiger partial charge is 0.463 e. The van der Waals surface area contributed by atoms with Crippen LogP contribution in [0.4, 0.5) is 0 Å². The molecule has 1 aliphatic heterocycles. The minimum atomic E-state index is -1.63. The molecular formula is C67H86N10O14. The lowest BCUT2D eigenvalue weighted by atomic mass is 9.99. The van der Waals surface area contributed by atoms with Crippen LogP contribution in [0.15, 0.2) is 83.5 Å². The Kier molecular flexibility index (Phi) is 25.0. The number of aliphatic hydroxyl groups excluding tert-OH is 1. The van der Waals surface area contributed by atoms with Crippen molar-refractivity contribution in [2.75, 3.05) is 28.2 Å². The molecule has 5 aromatic rings. The number of esters is 4. The highest BCUT2D eigenvalue weighted by molar-refractivity contribution is 5.94. The van der Waals surface area contributed by atoms with Gasteiger partial charge in [0.15, 0.2) is 35.9 Å². The van der Waals surface area contributed by atoms with Gasteiger partial charge in [-0.2, -0.15) is 20.7 Å². The zero-order valence-electron chi connectivity index (χ0n) is 54.5. The number of hydrogen-bond donors (Lipinski definition) is 1. The topological polar surface area (TPSA) is 303 Å². The van der Waals surface area contributed by atoms with Gasteiger partial charge in [-0.15, -0.1) is 0 Å². The maximum absolute atomic E-state index is 15.2. The number of nitrogens with zero attached hydrogens (tertiary/aromatic N) is 10. The molecule has 1 saturated heterocycles. The first-order chi connectivity index (χ1) is 43.0. The third-order valence-corrected chi connectivity index (χ3v) is 15.8. The zero-order chi connectivity index (χ0) is 67.1. The van der Waals surface area contributed by atoms with Crippen LogP contribution in [-0.2, 0) is 89.8 Å². The fraction of sp³-hybridized carbons (Fsp3) is 0.522. The Morgan fingerprint density at radius 2 is 0.868 bits per heavy atom. The van der Waals surface area contributed by atoms with Crippen LogP contribution >= 0.6 is 0 Å². The minimum Gasteiger partial charge on any atom is -0.463 e. The molecule has 3 aromatic heterocycles. The van der Waals surface area contributed by atoms with Crippen molar-refractivity contribution in [3.63, 3.8) is 0 Å². The lowest BCUT2D eigenvalue weighted by Gasteiger charge is -2.35. The number of amides is 4. The number of furan rings is 1. The van der Waals surface area contributed by atoms with Crippen molar-refractivity contribution < 1.29 is 66.8 Å². The first kappa shape index (κ1) is 70.9. The molecular weight excluding hydrogens is 1170 g/mol. The standard InChI is InChI=1S/C67H86N10O14/c1-39(2)26-53-64(83)88-44(10)61(80)73(12)56(29-42(7)8)67(86)91-59(31-46-19-23-48(24-20-46)37-77-51(38-78)33-52(71-77)57-16-15-25-87-57)63(82)75(14)54(27-40(3)4)65(84)89-43(9)60(79)72(11)55(28-41(5)6)66(85)90-58(62(81)74(53)13)30-45-17-21-47(22-18-45)36-76-50(35-69)32-49(34-68)70-76/h15-25,32-33,39-44,53-56,58-59,78H,26-31,36-38H2,1-14H3/t43-,44-,53+,54+,55+,56+,58-,59-/m1/s1. The van der Waals surface area contributed by atoms with Gasteiger partial charge in [0.2, 0.25) is 0 Å². The van der Waals surface area contributed by atoms with Crippen molar-refractivity contribution in [1.29, 1.82) is 10.5 Å². The molecule has 24 heteroatoms. The fourth-order valence-electron chi connectivity index (χ4n) is 10.8. The Bertz CT molecular complexity index is 3410. The van der Waals surface area contributed by atoms with E-state index < -0.39 is 96.1 Å². The Labute approximate surface area is 531 Å². The molecule has 24 nitrogen and oxygen atoms in total. The maximum atomic E-state index is 15.2. The molecule has 0 unspecified atom stereocenters.